The summed E-state index contributed by atoms with van der Waals surface area (Å²) < 4.78 is 36.9. The summed E-state index contributed by atoms with van der Waals surface area (Å²) in [6.07, 6.45) is -2.72. The number of hydrogen-bond acceptors (Lipinski definition) is 3. The quantitative estimate of drug-likeness (QED) is 0.818. The Kier molecular flexibility index (Phi) is 6.04. The molecular weight excluding hydrogens is 285 g/mol. The Hall–Kier alpha value is -0.820. The van der Waals surface area contributed by atoms with Crippen molar-refractivity contribution in [1.29, 1.82) is 0 Å². The van der Waals surface area contributed by atoms with Gasteiger partial charge in [-0.3, -0.25) is 9.69 Å². The maximum atomic E-state index is 12.3. The predicted molar refractivity (Wildman–Crippen MR) is 74.1 cm³/mol. The van der Waals surface area contributed by atoms with E-state index in [2.05, 4.69) is 26.1 Å². The molecule has 0 saturated carbocycles. The second-order valence-corrected chi connectivity index (χ2v) is 7.15. The van der Waals surface area contributed by atoms with Crippen LogP contribution < -0.4 is 5.32 Å². The van der Waals surface area contributed by atoms with Gasteiger partial charge in [0.1, 0.15) is 0 Å². The standard InChI is InChI=1S/C14H25F3N2O2/c1-13(2,3)5-10-4-11(18-9-14(15,16)17)7-19(6-10)8-12(20)21/h10-11,18H,4-9H2,1-3H3,(H,20,21). The Labute approximate surface area is 123 Å². The van der Waals surface area contributed by atoms with Crippen molar-refractivity contribution in [3.05, 3.63) is 0 Å². The van der Waals surface area contributed by atoms with Gasteiger partial charge in [0.15, 0.2) is 0 Å². The van der Waals surface area contributed by atoms with Gasteiger partial charge in [-0.1, -0.05) is 20.8 Å². The minimum atomic E-state index is -4.24. The van der Waals surface area contributed by atoms with Crippen molar-refractivity contribution in [3.63, 3.8) is 0 Å². The number of aliphatic carboxylic acids is 1. The lowest BCUT2D eigenvalue weighted by Crippen LogP contribution is -2.52. The average molecular weight is 310 g/mol. The Morgan fingerprint density at radius 1 is 1.29 bits per heavy atom. The molecule has 0 aromatic rings. The third-order valence-corrected chi connectivity index (χ3v) is 3.46. The Bertz CT molecular complexity index is 353. The van der Waals surface area contributed by atoms with Crippen LogP contribution >= 0.6 is 0 Å². The van der Waals surface area contributed by atoms with Crippen LogP contribution in [0.4, 0.5) is 13.2 Å². The smallest absolute Gasteiger partial charge is 0.401 e. The summed E-state index contributed by atoms with van der Waals surface area (Å²) in [5.74, 6) is -0.732. The molecule has 1 fully saturated rings. The molecule has 2 N–H and O–H groups in total. The molecule has 7 heteroatoms. The van der Waals surface area contributed by atoms with Crippen LogP contribution in [-0.4, -0.2) is 54.4 Å². The van der Waals surface area contributed by atoms with Crippen LogP contribution in [0.1, 0.15) is 33.6 Å². The fourth-order valence-corrected chi connectivity index (χ4v) is 3.05. The second-order valence-electron chi connectivity index (χ2n) is 7.15. The molecule has 0 spiro atoms. The van der Waals surface area contributed by atoms with Crippen LogP contribution in [0.2, 0.25) is 0 Å². The molecule has 0 aromatic carbocycles. The van der Waals surface area contributed by atoms with Gasteiger partial charge in [0, 0.05) is 19.1 Å². The van der Waals surface area contributed by atoms with E-state index < -0.39 is 18.7 Å². The topological polar surface area (TPSA) is 52.6 Å². The molecule has 1 rings (SSSR count). The molecule has 0 amide bonds. The molecule has 21 heavy (non-hydrogen) atoms. The van der Waals surface area contributed by atoms with Gasteiger partial charge in [0.05, 0.1) is 13.1 Å². The first-order valence-electron chi connectivity index (χ1n) is 7.19. The van der Waals surface area contributed by atoms with Gasteiger partial charge in [0.25, 0.3) is 0 Å². The minimum Gasteiger partial charge on any atom is -0.480 e. The first-order chi connectivity index (χ1) is 9.44. The molecule has 2 atom stereocenters. The molecule has 4 nitrogen and oxygen atoms in total. The number of carboxylic acid groups (broad SMARTS) is 1. The number of carbonyl (C=O) groups is 1. The number of halogens is 3. The van der Waals surface area contributed by atoms with E-state index in [0.717, 1.165) is 6.42 Å². The van der Waals surface area contributed by atoms with Crippen molar-refractivity contribution >= 4 is 5.97 Å². The van der Waals surface area contributed by atoms with Crippen molar-refractivity contribution in [1.82, 2.24) is 10.2 Å². The SMILES string of the molecule is CC(C)(C)CC1CC(NCC(F)(F)F)CN(CC(=O)O)C1. The van der Waals surface area contributed by atoms with Crippen molar-refractivity contribution in [3.8, 4) is 0 Å². The normalized spacial score (nSPS) is 25.0. The van der Waals surface area contributed by atoms with Crippen molar-refractivity contribution in [2.45, 2.75) is 45.8 Å². The summed E-state index contributed by atoms with van der Waals surface area (Å²) in [5.41, 5.74) is 0.0749. The van der Waals surface area contributed by atoms with Gasteiger partial charge in [-0.25, -0.2) is 0 Å². The van der Waals surface area contributed by atoms with Crippen LogP contribution in [0.5, 0.6) is 0 Å². The van der Waals surface area contributed by atoms with Gasteiger partial charge < -0.3 is 10.4 Å². The Morgan fingerprint density at radius 2 is 1.90 bits per heavy atom. The maximum absolute atomic E-state index is 12.3. The molecule has 1 saturated heterocycles. The van der Waals surface area contributed by atoms with Crippen molar-refractivity contribution in [2.75, 3.05) is 26.2 Å². The highest BCUT2D eigenvalue weighted by Gasteiger charge is 2.33. The lowest BCUT2D eigenvalue weighted by atomic mass is 9.80. The summed E-state index contributed by atoms with van der Waals surface area (Å²) in [6.45, 7) is 6.09. The predicted octanol–water partition coefficient (Wildman–Crippen LogP) is 2.35. The lowest BCUT2D eigenvalue weighted by Gasteiger charge is -2.39. The zero-order valence-electron chi connectivity index (χ0n) is 12.8. The zero-order valence-corrected chi connectivity index (χ0v) is 12.8. The molecule has 1 aliphatic rings. The van der Waals surface area contributed by atoms with E-state index in [0.29, 0.717) is 19.5 Å². The fraction of sp³-hybridized carbons (Fsp3) is 0.929. The van der Waals surface area contributed by atoms with E-state index in [4.69, 9.17) is 5.11 Å². The Balaban J connectivity index is 2.63. The first-order valence-corrected chi connectivity index (χ1v) is 7.19. The second kappa shape index (κ2) is 6.96. The van der Waals surface area contributed by atoms with Crippen LogP contribution in [0.3, 0.4) is 0 Å². The largest absolute Gasteiger partial charge is 0.480 e. The molecule has 1 aliphatic heterocycles. The van der Waals surface area contributed by atoms with E-state index in [1.54, 1.807) is 4.90 Å². The summed E-state index contributed by atoms with van der Waals surface area (Å²) in [7, 11) is 0. The van der Waals surface area contributed by atoms with E-state index in [9.17, 15) is 18.0 Å². The van der Waals surface area contributed by atoms with Crippen LogP contribution in [-0.2, 0) is 4.79 Å². The molecule has 0 bridgehead atoms. The highest BCUT2D eigenvalue weighted by Crippen LogP contribution is 2.30. The third kappa shape index (κ3) is 8.26. The number of nitrogens with one attached hydrogen (secondary N) is 1. The minimum absolute atomic E-state index is 0.0749. The van der Waals surface area contributed by atoms with E-state index >= 15 is 0 Å². The first kappa shape index (κ1) is 18.2. The monoisotopic (exact) mass is 310 g/mol. The summed E-state index contributed by atoms with van der Waals surface area (Å²) >= 11 is 0. The van der Waals surface area contributed by atoms with Crippen molar-refractivity contribution < 1.29 is 23.1 Å². The molecule has 2 unspecified atom stereocenters. The third-order valence-electron chi connectivity index (χ3n) is 3.46. The number of alkyl halides is 3. The number of hydrogen-bond donors (Lipinski definition) is 2. The highest BCUT2D eigenvalue weighted by atomic mass is 19.4. The molecule has 0 aliphatic carbocycles. The Morgan fingerprint density at radius 3 is 2.38 bits per heavy atom. The van der Waals surface area contributed by atoms with E-state index in [-0.39, 0.29) is 23.9 Å². The van der Waals surface area contributed by atoms with Gasteiger partial charge in [-0.2, -0.15) is 13.2 Å². The summed E-state index contributed by atoms with van der Waals surface area (Å²) in [6, 6.07) is -0.313. The van der Waals surface area contributed by atoms with Crippen LogP contribution in [0.15, 0.2) is 0 Å². The molecule has 0 aromatic heterocycles. The van der Waals surface area contributed by atoms with Crippen LogP contribution in [0.25, 0.3) is 0 Å². The zero-order chi connectivity index (χ0) is 16.3. The van der Waals surface area contributed by atoms with Gasteiger partial charge in [0.2, 0.25) is 0 Å². The van der Waals surface area contributed by atoms with Crippen LogP contribution in [0, 0.1) is 11.3 Å². The van der Waals surface area contributed by atoms with E-state index in [1.165, 1.54) is 0 Å². The number of likely N-dealkylation sites (tertiary alicyclic amines) is 1. The highest BCUT2D eigenvalue weighted by molar-refractivity contribution is 5.69. The molecule has 1 heterocycles. The molecular formula is C14H25F3N2O2. The number of rotatable bonds is 5. The molecule has 0 radical (unpaired) electrons. The molecule has 124 valence electrons. The average Bonchev–Trinajstić information content (AvgIpc) is 2.21. The number of nitrogens with zero attached hydrogens (tertiary/aromatic N) is 1. The van der Waals surface area contributed by atoms with Crippen molar-refractivity contribution in [2.24, 2.45) is 11.3 Å². The summed E-state index contributed by atoms with van der Waals surface area (Å²) in [5, 5.41) is 11.4. The summed E-state index contributed by atoms with van der Waals surface area (Å²) in [4.78, 5) is 12.6. The van der Waals surface area contributed by atoms with Gasteiger partial charge >= 0.3 is 12.1 Å². The van der Waals surface area contributed by atoms with Gasteiger partial charge in [-0.05, 0) is 24.2 Å². The lowest BCUT2D eigenvalue weighted by molar-refractivity contribution is -0.139. The fourth-order valence-electron chi connectivity index (χ4n) is 3.05. The maximum Gasteiger partial charge on any atom is 0.401 e. The van der Waals surface area contributed by atoms with Gasteiger partial charge in [-0.15, -0.1) is 0 Å². The van der Waals surface area contributed by atoms with E-state index in [1.807, 2.05) is 0 Å². The number of piperidine rings is 1. The number of carboxylic acids is 1.